The van der Waals surface area contributed by atoms with E-state index < -0.39 is 0 Å². The molecule has 2 aromatic heterocycles. The van der Waals surface area contributed by atoms with E-state index in [0.717, 1.165) is 29.8 Å². The van der Waals surface area contributed by atoms with E-state index in [-0.39, 0.29) is 18.6 Å². The third-order valence-corrected chi connectivity index (χ3v) is 6.09. The first kappa shape index (κ1) is 22.5. The lowest BCUT2D eigenvalue weighted by Gasteiger charge is -2.25. The van der Waals surface area contributed by atoms with Gasteiger partial charge in [-0.1, -0.05) is 34.6 Å². The maximum absolute atomic E-state index is 13.7. The summed E-state index contributed by atoms with van der Waals surface area (Å²) in [5.74, 6) is 1.73. The van der Waals surface area contributed by atoms with E-state index in [1.165, 1.54) is 0 Å². The minimum Gasteiger partial charge on any atom is -0.497 e. The van der Waals surface area contributed by atoms with Gasteiger partial charge in [-0.3, -0.25) is 4.79 Å². The molecule has 0 N–H and O–H groups in total. The number of hydrogen-bond donors (Lipinski definition) is 0. The van der Waals surface area contributed by atoms with Crippen LogP contribution in [0.15, 0.2) is 65.4 Å². The third-order valence-electron chi connectivity index (χ3n) is 6.09. The van der Waals surface area contributed by atoms with E-state index in [0.29, 0.717) is 35.1 Å². The van der Waals surface area contributed by atoms with E-state index in [9.17, 15) is 4.79 Å². The van der Waals surface area contributed by atoms with E-state index in [1.807, 2.05) is 47.4 Å². The number of benzene rings is 2. The summed E-state index contributed by atoms with van der Waals surface area (Å²) >= 11 is 0. The summed E-state index contributed by atoms with van der Waals surface area (Å²) < 4.78 is 16.0. The van der Waals surface area contributed by atoms with Gasteiger partial charge in [-0.25, -0.2) is 14.6 Å². The van der Waals surface area contributed by atoms with Gasteiger partial charge in [0, 0.05) is 18.3 Å². The largest absolute Gasteiger partial charge is 0.497 e. The second-order valence-electron chi connectivity index (χ2n) is 8.27. The van der Waals surface area contributed by atoms with Crippen molar-refractivity contribution in [3.63, 3.8) is 0 Å². The van der Waals surface area contributed by atoms with Gasteiger partial charge in [0.25, 0.3) is 5.91 Å². The molecular weight excluding hydrogens is 446 g/mol. The fraction of sp³-hybridized carbons (Fsp3) is 0.269. The van der Waals surface area contributed by atoms with Gasteiger partial charge in [0.15, 0.2) is 5.82 Å². The molecule has 1 aliphatic rings. The van der Waals surface area contributed by atoms with Crippen LogP contribution < -0.4 is 9.47 Å². The predicted octanol–water partition coefficient (Wildman–Crippen LogP) is 4.40. The number of nitrogens with zero attached hydrogens (tertiary/aromatic N) is 5. The Kier molecular flexibility index (Phi) is 6.38. The summed E-state index contributed by atoms with van der Waals surface area (Å²) in [4.78, 5) is 24.8. The number of carbonyl (C=O) groups is 1. The number of likely N-dealkylation sites (tertiary alicyclic amines) is 1. The van der Waals surface area contributed by atoms with Crippen LogP contribution in [0.4, 0.5) is 0 Å². The number of carbonyl (C=O) groups excluding carboxylic acids is 1. The average molecular weight is 472 g/mol. The maximum Gasteiger partial charge on any atom is 0.258 e. The molecule has 3 heterocycles. The lowest BCUT2D eigenvalue weighted by atomic mass is 10.1. The summed E-state index contributed by atoms with van der Waals surface area (Å²) in [6.45, 7) is 2.60. The second kappa shape index (κ2) is 9.92. The highest BCUT2D eigenvalue weighted by Crippen LogP contribution is 2.34. The van der Waals surface area contributed by atoms with Crippen LogP contribution in [0, 0.1) is 6.92 Å². The van der Waals surface area contributed by atoms with Crippen molar-refractivity contribution in [2.75, 3.05) is 13.7 Å². The minimum absolute atomic E-state index is 0.0976. The van der Waals surface area contributed by atoms with Gasteiger partial charge in [0.05, 0.1) is 24.4 Å². The summed E-state index contributed by atoms with van der Waals surface area (Å²) in [5.41, 5.74) is 3.42. The number of rotatable bonds is 7. The molecule has 0 spiro atoms. The predicted molar refractivity (Wildman–Crippen MR) is 127 cm³/mol. The van der Waals surface area contributed by atoms with Crippen molar-refractivity contribution in [1.29, 1.82) is 0 Å². The molecule has 4 aromatic rings. The minimum atomic E-state index is -0.148. The molecule has 0 unspecified atom stereocenters. The molecule has 1 amide bonds. The summed E-state index contributed by atoms with van der Waals surface area (Å²) in [7, 11) is 1.63. The molecule has 0 aliphatic carbocycles. The number of methoxy groups -OCH3 is 1. The fourth-order valence-corrected chi connectivity index (χ4v) is 4.23. The Morgan fingerprint density at radius 1 is 1.14 bits per heavy atom. The Morgan fingerprint density at radius 3 is 2.86 bits per heavy atom. The quantitative estimate of drug-likeness (QED) is 0.391. The zero-order chi connectivity index (χ0) is 24.2. The number of para-hydroxylation sites is 1. The third kappa shape index (κ3) is 4.70. The van der Waals surface area contributed by atoms with Gasteiger partial charge in [-0.15, -0.1) is 0 Å². The summed E-state index contributed by atoms with van der Waals surface area (Å²) in [5, 5.41) is 7.62. The topological polar surface area (TPSA) is 103 Å². The standard InChI is InChI=1S/C26H25N5O4/c1-17-22(30-35-29-17)16-34-24-11-4-3-9-20(24)26(32)31-14-6-10-23(31)21-12-13-27-25(28-21)18-7-5-8-19(15-18)33-2/h3-5,7-9,11-13,15,23H,6,10,14,16H2,1-2H3/t23-/m0/s1. The van der Waals surface area contributed by atoms with E-state index >= 15 is 0 Å². The molecule has 0 radical (unpaired) electrons. The van der Waals surface area contributed by atoms with Gasteiger partial charge in [0.1, 0.15) is 29.5 Å². The monoisotopic (exact) mass is 471 g/mol. The zero-order valence-corrected chi connectivity index (χ0v) is 19.5. The molecular formula is C26H25N5O4. The van der Waals surface area contributed by atoms with Crippen LogP contribution in [-0.2, 0) is 6.61 Å². The normalized spacial score (nSPS) is 15.3. The Morgan fingerprint density at radius 2 is 2.03 bits per heavy atom. The van der Waals surface area contributed by atoms with E-state index in [1.54, 1.807) is 32.4 Å². The van der Waals surface area contributed by atoms with E-state index in [4.69, 9.17) is 19.1 Å². The highest BCUT2D eigenvalue weighted by atomic mass is 16.6. The van der Waals surface area contributed by atoms with Gasteiger partial charge in [-0.2, -0.15) is 0 Å². The van der Waals surface area contributed by atoms with E-state index in [2.05, 4.69) is 15.3 Å². The molecule has 1 atom stereocenters. The molecule has 0 bridgehead atoms. The van der Waals surface area contributed by atoms with Crippen LogP contribution in [0.3, 0.4) is 0 Å². The first-order valence-electron chi connectivity index (χ1n) is 11.4. The molecule has 0 saturated carbocycles. The Bertz CT molecular complexity index is 1340. The first-order valence-corrected chi connectivity index (χ1v) is 11.4. The molecule has 1 fully saturated rings. The van der Waals surface area contributed by atoms with Gasteiger partial charge in [-0.05, 0) is 50.1 Å². The van der Waals surface area contributed by atoms with Gasteiger partial charge >= 0.3 is 0 Å². The number of amides is 1. The molecule has 9 nitrogen and oxygen atoms in total. The average Bonchev–Trinajstić information content (AvgIpc) is 3.56. The van der Waals surface area contributed by atoms with Crippen molar-refractivity contribution >= 4 is 5.91 Å². The van der Waals surface area contributed by atoms with Crippen molar-refractivity contribution < 1.29 is 18.9 Å². The maximum atomic E-state index is 13.7. The molecule has 9 heteroatoms. The second-order valence-corrected chi connectivity index (χ2v) is 8.27. The van der Waals surface area contributed by atoms with Crippen LogP contribution in [0.2, 0.25) is 0 Å². The molecule has 35 heavy (non-hydrogen) atoms. The molecule has 1 saturated heterocycles. The van der Waals surface area contributed by atoms with Crippen molar-refractivity contribution in [2.24, 2.45) is 0 Å². The number of aryl methyl sites for hydroxylation is 1. The Balaban J connectivity index is 1.39. The molecule has 178 valence electrons. The van der Waals surface area contributed by atoms with Crippen LogP contribution in [0.5, 0.6) is 11.5 Å². The fourth-order valence-electron chi connectivity index (χ4n) is 4.23. The van der Waals surface area contributed by atoms with Crippen molar-refractivity contribution in [2.45, 2.75) is 32.4 Å². The molecule has 2 aromatic carbocycles. The van der Waals surface area contributed by atoms with Crippen molar-refractivity contribution in [3.8, 4) is 22.9 Å². The van der Waals surface area contributed by atoms with Crippen molar-refractivity contribution in [1.82, 2.24) is 25.2 Å². The zero-order valence-electron chi connectivity index (χ0n) is 19.5. The van der Waals surface area contributed by atoms with Crippen LogP contribution in [-0.4, -0.2) is 44.7 Å². The molecule has 1 aliphatic heterocycles. The SMILES string of the molecule is COc1cccc(-c2nccc([C@@H]3CCCN3C(=O)c3ccccc3OCc3nonc3C)n2)c1. The van der Waals surface area contributed by atoms with Crippen LogP contribution in [0.1, 0.15) is 46.3 Å². The van der Waals surface area contributed by atoms with Crippen LogP contribution >= 0.6 is 0 Å². The summed E-state index contributed by atoms with van der Waals surface area (Å²) in [6.07, 6.45) is 3.46. The number of ether oxygens (including phenoxy) is 2. The first-order chi connectivity index (χ1) is 17.1. The Hall–Kier alpha value is -4.27. The Labute approximate surface area is 202 Å². The molecule has 5 rings (SSSR count). The lowest BCUT2D eigenvalue weighted by molar-refractivity contribution is 0.0728. The van der Waals surface area contributed by atoms with Crippen molar-refractivity contribution in [3.05, 3.63) is 83.4 Å². The van der Waals surface area contributed by atoms with Crippen LogP contribution in [0.25, 0.3) is 11.4 Å². The smallest absolute Gasteiger partial charge is 0.258 e. The number of aromatic nitrogens is 4. The highest BCUT2D eigenvalue weighted by Gasteiger charge is 2.33. The highest BCUT2D eigenvalue weighted by molar-refractivity contribution is 5.97. The number of hydrogen-bond acceptors (Lipinski definition) is 8. The van der Waals surface area contributed by atoms with Gasteiger partial charge in [0.2, 0.25) is 0 Å². The van der Waals surface area contributed by atoms with Gasteiger partial charge < -0.3 is 14.4 Å². The summed E-state index contributed by atoms with van der Waals surface area (Å²) in [6, 6.07) is 16.6. The lowest BCUT2D eigenvalue weighted by Crippen LogP contribution is -2.31.